The zero-order valence-corrected chi connectivity index (χ0v) is 17.1. The molecule has 0 spiro atoms. The van der Waals surface area contributed by atoms with Gasteiger partial charge >= 0.3 is 5.97 Å². The van der Waals surface area contributed by atoms with Gasteiger partial charge in [0.1, 0.15) is 5.75 Å². The molecular weight excluding hydrogens is 378 g/mol. The Morgan fingerprint density at radius 2 is 1.79 bits per heavy atom. The average Bonchev–Trinajstić information content (AvgIpc) is 2.70. The van der Waals surface area contributed by atoms with E-state index in [1.165, 1.54) is 12.8 Å². The minimum absolute atomic E-state index is 0.366. The highest BCUT2D eigenvalue weighted by Gasteiger charge is 2.12. The quantitative estimate of drug-likeness (QED) is 0.426. The Balaban J connectivity index is 1.77. The second-order valence-electron chi connectivity index (χ2n) is 6.47. The fourth-order valence-electron chi connectivity index (χ4n) is 2.55. The molecule has 150 valence electrons. The molecule has 0 radical (unpaired) electrons. The highest BCUT2D eigenvalue weighted by atomic mass is 35.5. The molecule has 2 aromatic rings. The Bertz CT molecular complexity index is 790. The van der Waals surface area contributed by atoms with E-state index in [-0.39, 0.29) is 6.61 Å². The number of rotatable bonds is 10. The van der Waals surface area contributed by atoms with Gasteiger partial charge in [-0.25, -0.2) is 4.79 Å². The van der Waals surface area contributed by atoms with Gasteiger partial charge in [0.2, 0.25) is 0 Å². The second-order valence-corrected chi connectivity index (χ2v) is 6.88. The normalized spacial score (nSPS) is 10.4. The van der Waals surface area contributed by atoms with Crippen molar-refractivity contribution >= 4 is 29.2 Å². The Hall–Kier alpha value is -2.53. The molecule has 6 heteroatoms. The molecule has 28 heavy (non-hydrogen) atoms. The lowest BCUT2D eigenvalue weighted by Crippen LogP contribution is -2.21. The number of hydrogen-bond donors (Lipinski definition) is 1. The maximum absolute atomic E-state index is 12.1. The van der Waals surface area contributed by atoms with Crippen molar-refractivity contribution in [1.29, 1.82) is 0 Å². The first-order valence-corrected chi connectivity index (χ1v) is 9.84. The van der Waals surface area contributed by atoms with Gasteiger partial charge in [0.05, 0.1) is 12.2 Å². The minimum atomic E-state index is -0.563. The second kappa shape index (κ2) is 11.3. The molecule has 0 heterocycles. The van der Waals surface area contributed by atoms with Gasteiger partial charge in [0.15, 0.2) is 6.61 Å². The number of benzene rings is 2. The van der Waals surface area contributed by atoms with Crippen LogP contribution in [0.3, 0.4) is 0 Å². The smallest absolute Gasteiger partial charge is 0.338 e. The third-order valence-electron chi connectivity index (χ3n) is 4.23. The number of carbonyl (C=O) groups is 2. The Labute approximate surface area is 171 Å². The van der Waals surface area contributed by atoms with Crippen molar-refractivity contribution in [3.05, 3.63) is 58.6 Å². The summed E-state index contributed by atoms with van der Waals surface area (Å²) in [5.41, 5.74) is 1.72. The molecule has 0 saturated carbocycles. The molecule has 0 atom stereocenters. The van der Waals surface area contributed by atoms with Crippen LogP contribution in [0.2, 0.25) is 5.02 Å². The van der Waals surface area contributed by atoms with Crippen LogP contribution in [0.5, 0.6) is 5.75 Å². The van der Waals surface area contributed by atoms with Crippen molar-refractivity contribution in [2.75, 3.05) is 18.5 Å². The van der Waals surface area contributed by atoms with E-state index in [0.717, 1.165) is 18.4 Å². The number of carbonyl (C=O) groups excluding carboxylic acids is 2. The molecule has 0 aromatic heterocycles. The molecule has 0 saturated heterocycles. The molecule has 0 aliphatic heterocycles. The third kappa shape index (κ3) is 6.89. The summed E-state index contributed by atoms with van der Waals surface area (Å²) in [4.78, 5) is 24.1. The Kier molecular flexibility index (Phi) is 8.82. The van der Waals surface area contributed by atoms with Crippen LogP contribution < -0.4 is 10.1 Å². The Morgan fingerprint density at radius 1 is 1.04 bits per heavy atom. The first-order chi connectivity index (χ1) is 13.5. The predicted molar refractivity (Wildman–Crippen MR) is 111 cm³/mol. The zero-order valence-electron chi connectivity index (χ0n) is 16.3. The number of ether oxygens (including phenoxy) is 2. The van der Waals surface area contributed by atoms with E-state index in [9.17, 15) is 9.59 Å². The van der Waals surface area contributed by atoms with E-state index >= 15 is 0 Å². The molecule has 0 unspecified atom stereocenters. The van der Waals surface area contributed by atoms with Crippen LogP contribution in [0.25, 0.3) is 0 Å². The maximum Gasteiger partial charge on any atom is 0.338 e. The minimum Gasteiger partial charge on any atom is -0.494 e. The van der Waals surface area contributed by atoms with E-state index < -0.39 is 11.9 Å². The fraction of sp³-hybridized carbons (Fsp3) is 0.364. The van der Waals surface area contributed by atoms with Crippen LogP contribution in [0.1, 0.15) is 48.5 Å². The summed E-state index contributed by atoms with van der Waals surface area (Å²) in [5, 5.41) is 3.24. The summed E-state index contributed by atoms with van der Waals surface area (Å²) in [6, 6.07) is 11.9. The molecule has 1 N–H and O–H groups in total. The first-order valence-electron chi connectivity index (χ1n) is 9.46. The highest BCUT2D eigenvalue weighted by Crippen LogP contribution is 2.22. The zero-order chi connectivity index (χ0) is 20.4. The third-order valence-corrected chi connectivity index (χ3v) is 4.64. The number of halogens is 1. The van der Waals surface area contributed by atoms with Crippen molar-refractivity contribution < 1.29 is 19.1 Å². The molecule has 2 aromatic carbocycles. The summed E-state index contributed by atoms with van der Waals surface area (Å²) >= 11 is 6.02. The maximum atomic E-state index is 12.1. The molecule has 2 rings (SSSR count). The summed E-state index contributed by atoms with van der Waals surface area (Å²) in [5.74, 6) is -0.277. The van der Waals surface area contributed by atoms with Crippen LogP contribution in [-0.2, 0) is 9.53 Å². The van der Waals surface area contributed by atoms with Gasteiger partial charge in [-0.1, -0.05) is 43.9 Å². The number of hydrogen-bond acceptors (Lipinski definition) is 4. The number of unbranched alkanes of at least 4 members (excludes halogenated alkanes) is 3. The van der Waals surface area contributed by atoms with E-state index in [1.807, 2.05) is 0 Å². The van der Waals surface area contributed by atoms with Gasteiger partial charge < -0.3 is 14.8 Å². The average molecular weight is 404 g/mol. The van der Waals surface area contributed by atoms with Crippen LogP contribution in [0, 0.1) is 6.92 Å². The summed E-state index contributed by atoms with van der Waals surface area (Å²) in [6.07, 6.45) is 4.56. The van der Waals surface area contributed by atoms with Gasteiger partial charge in [-0.3, -0.25) is 4.79 Å². The molecule has 5 nitrogen and oxygen atoms in total. The summed E-state index contributed by atoms with van der Waals surface area (Å²) in [6.45, 7) is 4.26. The monoisotopic (exact) mass is 403 g/mol. The highest BCUT2D eigenvalue weighted by molar-refractivity contribution is 6.31. The lowest BCUT2D eigenvalue weighted by atomic mass is 10.2. The fourth-order valence-corrected chi connectivity index (χ4v) is 2.72. The molecule has 0 fully saturated rings. The van der Waals surface area contributed by atoms with Crippen molar-refractivity contribution in [3.8, 4) is 5.75 Å². The van der Waals surface area contributed by atoms with Gasteiger partial charge in [0.25, 0.3) is 5.91 Å². The van der Waals surface area contributed by atoms with Crippen LogP contribution in [0.4, 0.5) is 5.69 Å². The SMILES string of the molecule is CCCCCCOc1ccc(C(=O)OCC(=O)Nc2cccc(Cl)c2C)cc1. The van der Waals surface area contributed by atoms with E-state index in [2.05, 4.69) is 12.2 Å². The molecule has 0 aliphatic carbocycles. The number of anilines is 1. The topological polar surface area (TPSA) is 64.6 Å². The van der Waals surface area contributed by atoms with Crippen molar-refractivity contribution in [2.45, 2.75) is 39.5 Å². The van der Waals surface area contributed by atoms with Gasteiger partial charge in [0, 0.05) is 10.7 Å². The van der Waals surface area contributed by atoms with Crippen LogP contribution in [-0.4, -0.2) is 25.1 Å². The van der Waals surface area contributed by atoms with Gasteiger partial charge in [-0.2, -0.15) is 0 Å². The van der Waals surface area contributed by atoms with E-state index in [0.29, 0.717) is 28.6 Å². The number of nitrogens with one attached hydrogen (secondary N) is 1. The number of amides is 1. The number of esters is 1. The van der Waals surface area contributed by atoms with Crippen molar-refractivity contribution in [2.24, 2.45) is 0 Å². The van der Waals surface area contributed by atoms with E-state index in [1.54, 1.807) is 49.4 Å². The van der Waals surface area contributed by atoms with Crippen LogP contribution >= 0.6 is 11.6 Å². The lowest BCUT2D eigenvalue weighted by molar-refractivity contribution is -0.119. The molecule has 0 bridgehead atoms. The summed E-state index contributed by atoms with van der Waals surface area (Å²) < 4.78 is 10.7. The largest absolute Gasteiger partial charge is 0.494 e. The van der Waals surface area contributed by atoms with Crippen molar-refractivity contribution in [3.63, 3.8) is 0 Å². The molecule has 1 amide bonds. The summed E-state index contributed by atoms with van der Waals surface area (Å²) in [7, 11) is 0. The van der Waals surface area contributed by atoms with Gasteiger partial charge in [-0.15, -0.1) is 0 Å². The Morgan fingerprint density at radius 3 is 2.50 bits per heavy atom. The lowest BCUT2D eigenvalue weighted by Gasteiger charge is -2.10. The molecular formula is C22H26ClNO4. The van der Waals surface area contributed by atoms with Crippen molar-refractivity contribution in [1.82, 2.24) is 0 Å². The molecule has 0 aliphatic rings. The standard InChI is InChI=1S/C22H26ClNO4/c1-3-4-5-6-14-27-18-12-10-17(11-13-18)22(26)28-15-21(25)24-20-9-7-8-19(23)16(20)2/h7-13H,3-6,14-15H2,1-2H3,(H,24,25). The van der Waals surface area contributed by atoms with Crippen LogP contribution in [0.15, 0.2) is 42.5 Å². The van der Waals surface area contributed by atoms with E-state index in [4.69, 9.17) is 21.1 Å². The van der Waals surface area contributed by atoms with Gasteiger partial charge in [-0.05, 0) is 55.3 Å². The predicted octanol–water partition coefficient (Wildman–Crippen LogP) is 5.40. The first kappa shape index (κ1) is 21.8.